The molecule has 1 amide bonds. The van der Waals surface area contributed by atoms with Crippen LogP contribution in [0.5, 0.6) is 0 Å². The molecule has 1 aromatic carbocycles. The van der Waals surface area contributed by atoms with Crippen molar-refractivity contribution in [3.63, 3.8) is 0 Å². The monoisotopic (exact) mass is 245 g/mol. The lowest BCUT2D eigenvalue weighted by molar-refractivity contribution is 0.101. The normalized spacial score (nSPS) is 9.83. The number of aromatic nitrogens is 2. The third-order valence-corrected chi connectivity index (χ3v) is 2.16. The molecule has 0 saturated heterocycles. The van der Waals surface area contributed by atoms with E-state index in [2.05, 4.69) is 10.4 Å². The van der Waals surface area contributed by atoms with Gasteiger partial charge in [0, 0.05) is 5.69 Å². The predicted molar refractivity (Wildman–Crippen MR) is 64.3 cm³/mol. The summed E-state index contributed by atoms with van der Waals surface area (Å²) >= 11 is 0. The van der Waals surface area contributed by atoms with Gasteiger partial charge >= 0.3 is 6.09 Å². The maximum absolute atomic E-state index is 11.5. The molecule has 92 valence electrons. The number of rotatable bonds is 3. The predicted octanol–water partition coefficient (Wildman–Crippen LogP) is 1.75. The summed E-state index contributed by atoms with van der Waals surface area (Å²) in [5.74, 6) is -0.145. The van der Waals surface area contributed by atoms with E-state index in [0.717, 1.165) is 4.85 Å². The van der Waals surface area contributed by atoms with Crippen molar-refractivity contribution in [2.24, 2.45) is 0 Å². The molecule has 0 bridgehead atoms. The third kappa shape index (κ3) is 2.94. The van der Waals surface area contributed by atoms with Crippen LogP contribution in [0.15, 0.2) is 42.7 Å². The van der Waals surface area contributed by atoms with Crippen LogP contribution in [-0.4, -0.2) is 21.8 Å². The Morgan fingerprint density at radius 3 is 2.61 bits per heavy atom. The summed E-state index contributed by atoms with van der Waals surface area (Å²) in [5.41, 5.74) is 0.990. The van der Waals surface area contributed by atoms with Crippen LogP contribution in [0.4, 0.5) is 10.5 Å². The first-order chi connectivity index (χ1) is 8.65. The van der Waals surface area contributed by atoms with E-state index in [0.29, 0.717) is 11.3 Å². The minimum absolute atomic E-state index is 0.145. The maximum atomic E-state index is 11.5. The van der Waals surface area contributed by atoms with Gasteiger partial charge in [0.2, 0.25) is 0 Å². The van der Waals surface area contributed by atoms with Gasteiger partial charge < -0.3 is 0 Å². The van der Waals surface area contributed by atoms with Gasteiger partial charge in [-0.2, -0.15) is 0 Å². The smallest absolute Gasteiger partial charge is 0.299 e. The highest BCUT2D eigenvalue weighted by Crippen LogP contribution is 2.04. The van der Waals surface area contributed by atoms with Gasteiger partial charge in [-0.3, -0.25) is 14.9 Å². The van der Waals surface area contributed by atoms with Crippen molar-refractivity contribution < 1.29 is 14.4 Å². The number of hydrogen-bond acceptors (Lipinski definition) is 4. The lowest BCUT2D eigenvalue weighted by Gasteiger charge is -2.04. The molecule has 6 heteroatoms. The van der Waals surface area contributed by atoms with Gasteiger partial charge in [0.25, 0.3) is 0 Å². The summed E-state index contributed by atoms with van der Waals surface area (Å²) < 4.78 is 0. The first kappa shape index (κ1) is 11.8. The molecule has 0 aliphatic heterocycles. The first-order valence-electron chi connectivity index (χ1n) is 5.25. The van der Waals surface area contributed by atoms with E-state index >= 15 is 0 Å². The summed E-state index contributed by atoms with van der Waals surface area (Å²) in [6.07, 6.45) is 1.99. The average Bonchev–Trinajstić information content (AvgIpc) is 2.78. The van der Waals surface area contributed by atoms with E-state index in [1.54, 1.807) is 24.3 Å². The van der Waals surface area contributed by atoms with Gasteiger partial charge in [-0.05, 0) is 19.1 Å². The molecule has 2 rings (SSSR count). The molecule has 1 heterocycles. The van der Waals surface area contributed by atoms with Crippen molar-refractivity contribution in [1.29, 1.82) is 0 Å². The number of nitrogens with one attached hydrogen (secondary N) is 1. The summed E-state index contributed by atoms with van der Waals surface area (Å²) in [5, 5.41) is 6.25. The molecule has 6 nitrogen and oxygen atoms in total. The second kappa shape index (κ2) is 5.13. The Kier molecular flexibility index (Phi) is 3.38. The number of carbonyl (C=O) groups is 2. The second-order valence-electron chi connectivity index (χ2n) is 3.56. The summed E-state index contributed by atoms with van der Waals surface area (Å²) in [7, 11) is 0. The largest absolute Gasteiger partial charge is 0.437 e. The number of amides is 1. The van der Waals surface area contributed by atoms with Crippen LogP contribution in [0.3, 0.4) is 0 Å². The van der Waals surface area contributed by atoms with Gasteiger partial charge in [-0.15, -0.1) is 5.10 Å². The number of ketones is 1. The topological polar surface area (TPSA) is 73.2 Å². The number of anilines is 1. The molecular weight excluding hydrogens is 234 g/mol. The van der Waals surface area contributed by atoms with Crippen LogP contribution in [-0.2, 0) is 0 Å². The van der Waals surface area contributed by atoms with E-state index in [-0.39, 0.29) is 5.78 Å². The molecule has 0 fully saturated rings. The summed E-state index contributed by atoms with van der Waals surface area (Å²) in [6.45, 7) is 1.41. The van der Waals surface area contributed by atoms with Crippen molar-refractivity contribution in [1.82, 2.24) is 9.94 Å². The van der Waals surface area contributed by atoms with E-state index in [4.69, 9.17) is 4.84 Å². The maximum Gasteiger partial charge on any atom is 0.437 e. The Morgan fingerprint density at radius 1 is 1.28 bits per heavy atom. The van der Waals surface area contributed by atoms with E-state index < -0.39 is 6.09 Å². The Balaban J connectivity index is 1.97. The zero-order valence-corrected chi connectivity index (χ0v) is 9.66. The van der Waals surface area contributed by atoms with E-state index in [1.807, 2.05) is 6.07 Å². The van der Waals surface area contributed by atoms with E-state index in [1.165, 1.54) is 19.3 Å². The lowest BCUT2D eigenvalue weighted by atomic mass is 10.3. The highest BCUT2D eigenvalue weighted by molar-refractivity contribution is 5.93. The van der Waals surface area contributed by atoms with Crippen LogP contribution in [0.1, 0.15) is 17.3 Å². The quantitative estimate of drug-likeness (QED) is 0.836. The van der Waals surface area contributed by atoms with Crippen molar-refractivity contribution in [2.75, 3.05) is 5.32 Å². The fraction of sp³-hybridized carbons (Fsp3) is 0.0833. The molecule has 0 aliphatic rings. The molecule has 1 aromatic heterocycles. The average molecular weight is 245 g/mol. The molecular formula is C12H11N3O3. The lowest BCUT2D eigenvalue weighted by Crippen LogP contribution is -2.25. The summed E-state index contributed by atoms with van der Waals surface area (Å²) in [6, 6.07) is 8.87. The number of nitrogens with zero attached hydrogens (tertiary/aromatic N) is 2. The van der Waals surface area contributed by atoms with Crippen LogP contribution >= 0.6 is 0 Å². The fourth-order valence-electron chi connectivity index (χ4n) is 1.28. The number of hydrogen-bond donors (Lipinski definition) is 1. The first-order valence-corrected chi connectivity index (χ1v) is 5.25. The minimum atomic E-state index is -0.681. The molecule has 2 aromatic rings. The van der Waals surface area contributed by atoms with Crippen LogP contribution in [0.2, 0.25) is 0 Å². The van der Waals surface area contributed by atoms with Crippen molar-refractivity contribution >= 4 is 17.6 Å². The number of benzene rings is 1. The zero-order valence-electron chi connectivity index (χ0n) is 9.66. The molecule has 18 heavy (non-hydrogen) atoms. The molecule has 0 atom stereocenters. The van der Waals surface area contributed by atoms with Gasteiger partial charge in [-0.1, -0.05) is 23.0 Å². The second-order valence-corrected chi connectivity index (χ2v) is 3.56. The SMILES string of the molecule is CC(=O)c1cnn(OC(=O)Nc2ccccc2)c1. The molecule has 0 aliphatic carbocycles. The Morgan fingerprint density at radius 2 is 2.00 bits per heavy atom. The van der Waals surface area contributed by atoms with E-state index in [9.17, 15) is 9.59 Å². The molecule has 0 radical (unpaired) electrons. The van der Waals surface area contributed by atoms with Crippen molar-refractivity contribution in [3.05, 3.63) is 48.3 Å². The minimum Gasteiger partial charge on any atom is -0.299 e. The third-order valence-electron chi connectivity index (χ3n) is 2.16. The number of carbonyl (C=O) groups excluding carboxylic acids is 2. The van der Waals surface area contributed by atoms with Crippen LogP contribution < -0.4 is 10.2 Å². The Labute approximate surface area is 103 Å². The number of Topliss-reactive ketones (excluding diaryl/α,β-unsaturated/α-hetero) is 1. The molecule has 0 saturated carbocycles. The number of para-hydroxylation sites is 1. The van der Waals surface area contributed by atoms with Gasteiger partial charge in [-0.25, -0.2) is 4.79 Å². The molecule has 0 unspecified atom stereocenters. The summed E-state index contributed by atoms with van der Waals surface area (Å²) in [4.78, 5) is 28.3. The van der Waals surface area contributed by atoms with Gasteiger partial charge in [0.05, 0.1) is 18.0 Å². The van der Waals surface area contributed by atoms with Crippen molar-refractivity contribution in [2.45, 2.75) is 6.92 Å². The standard InChI is InChI=1S/C12H11N3O3/c1-9(16)10-7-13-15(8-10)18-12(17)14-11-5-3-2-4-6-11/h2-8H,1H3,(H,14,17). The van der Waals surface area contributed by atoms with Crippen LogP contribution in [0.25, 0.3) is 0 Å². The van der Waals surface area contributed by atoms with Crippen LogP contribution in [0, 0.1) is 0 Å². The highest BCUT2D eigenvalue weighted by atomic mass is 16.7. The molecule has 1 N–H and O–H groups in total. The van der Waals surface area contributed by atoms with Gasteiger partial charge in [0.15, 0.2) is 5.78 Å². The molecule has 0 spiro atoms. The Hall–Kier alpha value is -2.63. The highest BCUT2D eigenvalue weighted by Gasteiger charge is 2.08. The Bertz CT molecular complexity index is 563. The fourth-order valence-corrected chi connectivity index (χ4v) is 1.28. The van der Waals surface area contributed by atoms with Gasteiger partial charge in [0.1, 0.15) is 0 Å². The zero-order chi connectivity index (χ0) is 13.0. The van der Waals surface area contributed by atoms with Crippen molar-refractivity contribution in [3.8, 4) is 0 Å².